The van der Waals surface area contributed by atoms with Crippen LogP contribution in [0.5, 0.6) is 0 Å². The molecule has 0 fully saturated rings. The molecule has 170 valence electrons. The van der Waals surface area contributed by atoms with Crippen LogP contribution in [0.25, 0.3) is 0 Å². The number of hydrogen-bond acceptors (Lipinski definition) is 6. The van der Waals surface area contributed by atoms with Crippen molar-refractivity contribution in [2.45, 2.75) is 116 Å². The van der Waals surface area contributed by atoms with Crippen LogP contribution in [-0.2, 0) is 20.2 Å². The Morgan fingerprint density at radius 2 is 0.467 bits per heavy atom. The van der Waals surface area contributed by atoms with Crippen molar-refractivity contribution in [2.75, 3.05) is 11.5 Å². The minimum absolute atomic E-state index is 0. The van der Waals surface area contributed by atoms with Gasteiger partial charge in [-0.1, -0.05) is 103 Å². The first kappa shape index (κ1) is 36.4. The first-order chi connectivity index (χ1) is 13.2. The third-order valence-electron chi connectivity index (χ3n) is 5.04. The Morgan fingerprint density at radius 3 is 0.600 bits per heavy atom. The summed E-state index contributed by atoms with van der Waals surface area (Å²) in [6.45, 7) is 0. The van der Waals surface area contributed by atoms with Gasteiger partial charge in [-0.3, -0.25) is 0 Å². The molecule has 0 rings (SSSR count). The Hall–Kier alpha value is 1.82. The van der Waals surface area contributed by atoms with Gasteiger partial charge in [-0.2, -0.15) is 0 Å². The second-order valence-corrected chi connectivity index (χ2v) is 10.9. The van der Waals surface area contributed by atoms with E-state index in [1.165, 1.54) is 64.2 Å². The SMILES string of the molecule is O=S(=O)([O-])CCCCCCCCCCCCCCCCCCCCS(=O)(=O)[O-].[Na+].[Na+]. The topological polar surface area (TPSA) is 114 Å². The Morgan fingerprint density at radius 1 is 0.333 bits per heavy atom. The summed E-state index contributed by atoms with van der Waals surface area (Å²) in [6, 6.07) is 0. The molecular formula is C20H40Na2O6S2. The molecule has 0 aliphatic heterocycles. The molecule has 6 nitrogen and oxygen atoms in total. The quantitative estimate of drug-likeness (QED) is 0.118. The fourth-order valence-corrected chi connectivity index (χ4v) is 4.50. The van der Waals surface area contributed by atoms with E-state index in [1.807, 2.05) is 0 Å². The molecule has 0 aromatic heterocycles. The van der Waals surface area contributed by atoms with Crippen LogP contribution in [0, 0.1) is 0 Å². The molecule has 10 heteroatoms. The Kier molecular flexibility index (Phi) is 29.1. The summed E-state index contributed by atoms with van der Waals surface area (Å²) >= 11 is 0. The van der Waals surface area contributed by atoms with E-state index in [9.17, 15) is 25.9 Å². The van der Waals surface area contributed by atoms with Gasteiger partial charge in [0.1, 0.15) is 0 Å². The molecule has 0 aromatic carbocycles. The van der Waals surface area contributed by atoms with Crippen LogP contribution in [0.2, 0.25) is 0 Å². The van der Waals surface area contributed by atoms with Crippen LogP contribution in [0.4, 0.5) is 0 Å². The second kappa shape index (κ2) is 24.0. The molecular weight excluding hydrogens is 446 g/mol. The van der Waals surface area contributed by atoms with E-state index in [0.717, 1.165) is 38.5 Å². The molecule has 0 atom stereocenters. The number of rotatable bonds is 21. The van der Waals surface area contributed by atoms with Crippen LogP contribution in [0.15, 0.2) is 0 Å². The fraction of sp³-hybridized carbons (Fsp3) is 1.00. The first-order valence-corrected chi connectivity index (χ1v) is 14.2. The third kappa shape index (κ3) is 34.4. The van der Waals surface area contributed by atoms with E-state index in [1.54, 1.807) is 0 Å². The second-order valence-electron chi connectivity index (χ2n) is 7.89. The van der Waals surface area contributed by atoms with Gasteiger partial charge in [-0.25, -0.2) is 16.8 Å². The summed E-state index contributed by atoms with van der Waals surface area (Å²) in [7, 11) is -8.06. The van der Waals surface area contributed by atoms with E-state index >= 15 is 0 Å². The Balaban J connectivity index is -0.00000364. The molecule has 0 heterocycles. The predicted octanol–water partition coefficient (Wildman–Crippen LogP) is -0.893. The van der Waals surface area contributed by atoms with Gasteiger partial charge in [0.15, 0.2) is 0 Å². The average molecular weight is 487 g/mol. The zero-order chi connectivity index (χ0) is 21.1. The van der Waals surface area contributed by atoms with Crippen molar-refractivity contribution in [1.82, 2.24) is 0 Å². The van der Waals surface area contributed by atoms with E-state index in [2.05, 4.69) is 0 Å². The minimum Gasteiger partial charge on any atom is -0.748 e. The van der Waals surface area contributed by atoms with Gasteiger partial charge in [-0.05, 0) is 12.8 Å². The van der Waals surface area contributed by atoms with Crippen LogP contribution in [-0.4, -0.2) is 37.4 Å². The monoisotopic (exact) mass is 486 g/mol. The van der Waals surface area contributed by atoms with Crippen LogP contribution < -0.4 is 59.1 Å². The summed E-state index contributed by atoms with van der Waals surface area (Å²) < 4.78 is 62.8. The summed E-state index contributed by atoms with van der Waals surface area (Å²) in [5.74, 6) is -0.441. The van der Waals surface area contributed by atoms with E-state index < -0.39 is 20.2 Å². The molecule has 0 unspecified atom stereocenters. The van der Waals surface area contributed by atoms with Crippen molar-refractivity contribution in [3.05, 3.63) is 0 Å². The molecule has 0 radical (unpaired) electrons. The minimum atomic E-state index is -4.03. The van der Waals surface area contributed by atoms with Gasteiger partial charge >= 0.3 is 59.1 Å². The summed E-state index contributed by atoms with van der Waals surface area (Å²) in [5.41, 5.74) is 0. The van der Waals surface area contributed by atoms with E-state index in [-0.39, 0.29) is 70.6 Å². The molecule has 0 spiro atoms. The molecule has 0 saturated heterocycles. The van der Waals surface area contributed by atoms with Crippen LogP contribution >= 0.6 is 0 Å². The van der Waals surface area contributed by atoms with E-state index in [4.69, 9.17) is 0 Å². The van der Waals surface area contributed by atoms with Crippen LogP contribution in [0.3, 0.4) is 0 Å². The zero-order valence-electron chi connectivity index (χ0n) is 19.4. The third-order valence-corrected chi connectivity index (χ3v) is 6.62. The Bertz CT molecular complexity index is 504. The first-order valence-electron chi connectivity index (χ1n) is 11.1. The maximum absolute atomic E-state index is 10.5. The summed E-state index contributed by atoms with van der Waals surface area (Å²) in [5, 5.41) is 0. The molecule has 0 N–H and O–H groups in total. The van der Waals surface area contributed by atoms with Gasteiger partial charge in [-0.15, -0.1) is 0 Å². The van der Waals surface area contributed by atoms with Crippen molar-refractivity contribution < 1.29 is 85.1 Å². The summed E-state index contributed by atoms with van der Waals surface area (Å²) in [4.78, 5) is 0. The Labute approximate surface area is 230 Å². The van der Waals surface area contributed by atoms with Crippen molar-refractivity contribution >= 4 is 20.2 Å². The number of hydrogen-bond donors (Lipinski definition) is 0. The van der Waals surface area contributed by atoms with Crippen molar-refractivity contribution in [2.24, 2.45) is 0 Å². The predicted molar refractivity (Wildman–Crippen MR) is 112 cm³/mol. The molecule has 0 aliphatic rings. The summed E-state index contributed by atoms with van der Waals surface area (Å²) in [6.07, 6.45) is 19.6. The molecule has 0 aliphatic carbocycles. The average Bonchev–Trinajstić information content (AvgIpc) is 2.58. The normalized spacial score (nSPS) is 11.7. The fourth-order valence-electron chi connectivity index (χ4n) is 3.39. The molecule has 0 saturated carbocycles. The smallest absolute Gasteiger partial charge is 0.748 e. The number of unbranched alkanes of at least 4 members (excludes halogenated alkanes) is 17. The largest absolute Gasteiger partial charge is 1.00 e. The van der Waals surface area contributed by atoms with E-state index in [0.29, 0.717) is 12.8 Å². The molecule has 30 heavy (non-hydrogen) atoms. The molecule has 0 aromatic rings. The van der Waals surface area contributed by atoms with Gasteiger partial charge in [0.05, 0.1) is 20.2 Å². The standard InChI is InChI=1S/C20H42O6S2.2Na/c21-27(22,23)19-17-15-13-11-9-7-5-3-1-2-4-6-8-10-12-14-16-18-20-28(24,25)26;;/h1-20H2,(H,21,22,23)(H,24,25,26);;/q;2*+1/p-2. The maximum atomic E-state index is 10.5. The van der Waals surface area contributed by atoms with Gasteiger partial charge in [0.25, 0.3) is 0 Å². The maximum Gasteiger partial charge on any atom is 1.00 e. The van der Waals surface area contributed by atoms with Crippen molar-refractivity contribution in [3.63, 3.8) is 0 Å². The van der Waals surface area contributed by atoms with Gasteiger partial charge in [0, 0.05) is 11.5 Å². The van der Waals surface area contributed by atoms with Gasteiger partial charge < -0.3 is 9.11 Å². The van der Waals surface area contributed by atoms with Gasteiger partial charge in [0.2, 0.25) is 0 Å². The molecule has 0 amide bonds. The van der Waals surface area contributed by atoms with Crippen LogP contribution in [0.1, 0.15) is 116 Å². The van der Waals surface area contributed by atoms with Crippen molar-refractivity contribution in [3.8, 4) is 0 Å². The molecule has 0 bridgehead atoms. The zero-order valence-corrected chi connectivity index (χ0v) is 25.0. The van der Waals surface area contributed by atoms with Crippen molar-refractivity contribution in [1.29, 1.82) is 0 Å².